The predicted molar refractivity (Wildman–Crippen MR) is 85.5 cm³/mol. The molecule has 2 aromatic carbocycles. The zero-order valence-electron chi connectivity index (χ0n) is 10.5. The minimum atomic E-state index is 0.174. The van der Waals surface area contributed by atoms with Gasteiger partial charge in [0.1, 0.15) is 6.61 Å². The van der Waals surface area contributed by atoms with Crippen molar-refractivity contribution in [2.75, 3.05) is 0 Å². The number of ether oxygens (including phenoxy) is 1. The van der Waals surface area contributed by atoms with Gasteiger partial charge >= 0.3 is 0 Å². The van der Waals surface area contributed by atoms with Crippen LogP contribution >= 0.6 is 22.6 Å². The van der Waals surface area contributed by atoms with E-state index in [0.717, 1.165) is 14.7 Å². The van der Waals surface area contributed by atoms with Crippen LogP contribution in [0.5, 0.6) is 11.5 Å². The highest BCUT2D eigenvalue weighted by atomic mass is 127. The summed E-state index contributed by atoms with van der Waals surface area (Å²) in [5.41, 5.74) is 2.05. The van der Waals surface area contributed by atoms with Gasteiger partial charge in [-0.05, 0) is 46.7 Å². The lowest BCUT2D eigenvalue weighted by atomic mass is 10.1. The van der Waals surface area contributed by atoms with Gasteiger partial charge in [-0.2, -0.15) is 0 Å². The van der Waals surface area contributed by atoms with Gasteiger partial charge in [0.25, 0.3) is 0 Å². The average molecular weight is 366 g/mol. The fourth-order valence-corrected chi connectivity index (χ4v) is 2.46. The van der Waals surface area contributed by atoms with Crippen molar-refractivity contribution in [2.45, 2.75) is 13.0 Å². The first-order valence-electron chi connectivity index (χ1n) is 6.00. The molecule has 2 aromatic rings. The van der Waals surface area contributed by atoms with E-state index in [-0.39, 0.29) is 5.75 Å². The Morgan fingerprint density at radius 1 is 1.16 bits per heavy atom. The Labute approximate surface area is 126 Å². The number of allylic oxidation sites excluding steroid dienone is 1. The lowest BCUT2D eigenvalue weighted by Crippen LogP contribution is -2.00. The van der Waals surface area contributed by atoms with Gasteiger partial charge in [0, 0.05) is 9.13 Å². The van der Waals surface area contributed by atoms with Gasteiger partial charge < -0.3 is 9.84 Å². The number of hydrogen-bond donors (Lipinski definition) is 1. The molecule has 0 radical (unpaired) electrons. The van der Waals surface area contributed by atoms with E-state index >= 15 is 0 Å². The summed E-state index contributed by atoms with van der Waals surface area (Å²) in [6.07, 6.45) is 2.49. The van der Waals surface area contributed by atoms with E-state index in [4.69, 9.17) is 4.74 Å². The van der Waals surface area contributed by atoms with Crippen LogP contribution < -0.4 is 4.74 Å². The molecular weight excluding hydrogens is 351 g/mol. The molecule has 0 unspecified atom stereocenters. The van der Waals surface area contributed by atoms with Gasteiger partial charge in [0.15, 0.2) is 11.5 Å². The molecule has 3 heteroatoms. The molecule has 0 aliphatic carbocycles. The third kappa shape index (κ3) is 3.50. The number of aromatic hydroxyl groups is 1. The maximum absolute atomic E-state index is 9.96. The van der Waals surface area contributed by atoms with E-state index in [0.29, 0.717) is 18.8 Å². The Hall–Kier alpha value is -1.49. The molecule has 98 valence electrons. The van der Waals surface area contributed by atoms with Crippen molar-refractivity contribution in [3.63, 3.8) is 0 Å². The van der Waals surface area contributed by atoms with Crippen molar-refractivity contribution in [1.29, 1.82) is 0 Å². The molecule has 0 fully saturated rings. The molecule has 1 N–H and O–H groups in total. The fourth-order valence-electron chi connectivity index (χ4n) is 1.82. The maximum Gasteiger partial charge on any atom is 0.165 e. The number of phenols is 1. The summed E-state index contributed by atoms with van der Waals surface area (Å²) >= 11 is 2.24. The SMILES string of the molecule is C=CCc1c(I)ccc(O)c1OCc1ccccc1. The van der Waals surface area contributed by atoms with Gasteiger partial charge in [0.2, 0.25) is 0 Å². The van der Waals surface area contributed by atoms with Crippen molar-refractivity contribution < 1.29 is 9.84 Å². The van der Waals surface area contributed by atoms with Crippen molar-refractivity contribution in [3.05, 3.63) is 69.8 Å². The number of halogens is 1. The van der Waals surface area contributed by atoms with Gasteiger partial charge in [-0.15, -0.1) is 6.58 Å². The molecule has 0 saturated heterocycles. The predicted octanol–water partition coefficient (Wildman–Crippen LogP) is 4.30. The van der Waals surface area contributed by atoms with Crippen LogP contribution in [0.4, 0.5) is 0 Å². The standard InChI is InChI=1S/C16H15IO2/c1-2-6-13-14(17)9-10-15(18)16(13)19-11-12-7-4-3-5-8-12/h2-5,7-10,18H,1,6,11H2. The zero-order chi connectivity index (χ0) is 13.7. The van der Waals surface area contributed by atoms with Crippen molar-refractivity contribution in [3.8, 4) is 11.5 Å². The van der Waals surface area contributed by atoms with Crippen molar-refractivity contribution in [1.82, 2.24) is 0 Å². The summed E-state index contributed by atoms with van der Waals surface area (Å²) in [7, 11) is 0. The van der Waals surface area contributed by atoms with Crippen molar-refractivity contribution in [2.24, 2.45) is 0 Å². The summed E-state index contributed by atoms with van der Waals surface area (Å²) in [6.45, 7) is 4.19. The summed E-state index contributed by atoms with van der Waals surface area (Å²) in [5, 5.41) is 9.96. The summed E-state index contributed by atoms with van der Waals surface area (Å²) < 4.78 is 6.85. The molecular formula is C16H15IO2. The summed E-state index contributed by atoms with van der Waals surface area (Å²) in [5.74, 6) is 0.726. The van der Waals surface area contributed by atoms with Gasteiger partial charge in [-0.3, -0.25) is 0 Å². The van der Waals surface area contributed by atoms with E-state index in [1.165, 1.54) is 0 Å². The van der Waals surface area contributed by atoms with E-state index in [2.05, 4.69) is 29.2 Å². The largest absolute Gasteiger partial charge is 0.504 e. The Bertz CT molecular complexity index is 564. The second-order valence-electron chi connectivity index (χ2n) is 4.14. The van der Waals surface area contributed by atoms with Gasteiger partial charge in [-0.25, -0.2) is 0 Å². The molecule has 0 aromatic heterocycles. The quantitative estimate of drug-likeness (QED) is 0.632. The Morgan fingerprint density at radius 3 is 2.58 bits per heavy atom. The Morgan fingerprint density at radius 2 is 1.89 bits per heavy atom. The molecule has 0 amide bonds. The Kier molecular flexibility index (Phi) is 4.85. The average Bonchev–Trinajstić information content (AvgIpc) is 2.43. The maximum atomic E-state index is 9.96. The van der Waals surface area contributed by atoms with Crippen LogP contribution in [0, 0.1) is 3.57 Å². The molecule has 19 heavy (non-hydrogen) atoms. The van der Waals surface area contributed by atoms with Gasteiger partial charge in [0.05, 0.1) is 0 Å². The third-order valence-electron chi connectivity index (χ3n) is 2.76. The highest BCUT2D eigenvalue weighted by Gasteiger charge is 2.12. The topological polar surface area (TPSA) is 29.5 Å². The molecule has 0 heterocycles. The second-order valence-corrected chi connectivity index (χ2v) is 5.30. The monoisotopic (exact) mass is 366 g/mol. The minimum absolute atomic E-state index is 0.174. The summed E-state index contributed by atoms with van der Waals surface area (Å²) in [4.78, 5) is 0. The molecule has 0 bridgehead atoms. The summed E-state index contributed by atoms with van der Waals surface area (Å²) in [6, 6.07) is 13.4. The van der Waals surface area contributed by atoms with Crippen LogP contribution in [0.3, 0.4) is 0 Å². The van der Waals surface area contributed by atoms with Crippen LogP contribution in [0.15, 0.2) is 55.1 Å². The second kappa shape index (κ2) is 6.61. The first kappa shape index (κ1) is 13.9. The number of phenolic OH excluding ortho intramolecular Hbond substituents is 1. The first-order valence-corrected chi connectivity index (χ1v) is 7.08. The molecule has 0 saturated carbocycles. The highest BCUT2D eigenvalue weighted by molar-refractivity contribution is 14.1. The molecule has 0 aliphatic rings. The first-order chi connectivity index (χ1) is 9.22. The van der Waals surface area contributed by atoms with E-state index in [1.54, 1.807) is 6.07 Å². The molecule has 0 atom stereocenters. The van der Waals surface area contributed by atoms with Crippen molar-refractivity contribution >= 4 is 22.6 Å². The van der Waals surface area contributed by atoms with E-state index in [1.807, 2.05) is 42.5 Å². The van der Waals surface area contributed by atoms with E-state index < -0.39 is 0 Å². The van der Waals surface area contributed by atoms with E-state index in [9.17, 15) is 5.11 Å². The molecule has 0 spiro atoms. The number of rotatable bonds is 5. The fraction of sp³-hybridized carbons (Fsp3) is 0.125. The smallest absolute Gasteiger partial charge is 0.165 e. The third-order valence-corrected chi connectivity index (χ3v) is 3.77. The number of hydrogen-bond acceptors (Lipinski definition) is 2. The van der Waals surface area contributed by atoms with Crippen LogP contribution in [0.25, 0.3) is 0 Å². The van der Waals surface area contributed by atoms with Crippen LogP contribution in [-0.4, -0.2) is 5.11 Å². The van der Waals surface area contributed by atoms with Gasteiger partial charge in [-0.1, -0.05) is 36.4 Å². The zero-order valence-corrected chi connectivity index (χ0v) is 12.6. The Balaban J connectivity index is 2.23. The molecule has 2 nitrogen and oxygen atoms in total. The number of benzene rings is 2. The molecule has 2 rings (SSSR count). The van der Waals surface area contributed by atoms with Crippen LogP contribution in [0.1, 0.15) is 11.1 Å². The lowest BCUT2D eigenvalue weighted by molar-refractivity contribution is 0.286. The highest BCUT2D eigenvalue weighted by Crippen LogP contribution is 2.34. The lowest BCUT2D eigenvalue weighted by Gasteiger charge is -2.14. The van der Waals surface area contributed by atoms with Crippen LogP contribution in [-0.2, 0) is 13.0 Å². The normalized spacial score (nSPS) is 10.2. The minimum Gasteiger partial charge on any atom is -0.504 e. The van der Waals surface area contributed by atoms with Crippen LogP contribution in [0.2, 0.25) is 0 Å². The molecule has 0 aliphatic heterocycles.